The number of hydrogen-bond donors (Lipinski definition) is 3. The summed E-state index contributed by atoms with van der Waals surface area (Å²) in [5.74, 6) is -0.705. The molecule has 4 rings (SSSR count). The van der Waals surface area contributed by atoms with Crippen molar-refractivity contribution in [3.05, 3.63) is 35.8 Å². The van der Waals surface area contributed by atoms with E-state index in [2.05, 4.69) is 15.3 Å². The van der Waals surface area contributed by atoms with Crippen molar-refractivity contribution in [2.75, 3.05) is 11.9 Å². The number of ether oxygens (including phenoxy) is 1. The van der Waals surface area contributed by atoms with Crippen LogP contribution in [-0.2, 0) is 4.74 Å². The average molecular weight is 454 g/mol. The van der Waals surface area contributed by atoms with Crippen LogP contribution in [0.3, 0.4) is 0 Å². The van der Waals surface area contributed by atoms with E-state index in [-0.39, 0.29) is 36.4 Å². The number of aliphatic hydroxyl groups is 2. The minimum Gasteiger partial charge on any atom is -0.396 e. The van der Waals surface area contributed by atoms with E-state index in [9.17, 15) is 15.5 Å². The number of nitriles is 1. The van der Waals surface area contributed by atoms with E-state index in [4.69, 9.17) is 9.72 Å². The number of nitrogens with one attached hydrogen (secondary N) is 1. The summed E-state index contributed by atoms with van der Waals surface area (Å²) in [5.41, 5.74) is 2.29. The summed E-state index contributed by atoms with van der Waals surface area (Å²) in [4.78, 5) is 13.6. The molecule has 1 fully saturated rings. The number of para-hydroxylation sites is 1. The number of fused-ring (bicyclic) bond motifs is 1. The zero-order valence-electron chi connectivity index (χ0n) is 18.5. The Morgan fingerprint density at radius 2 is 2.03 bits per heavy atom. The second kappa shape index (κ2) is 8.71. The third kappa shape index (κ3) is 4.45. The first-order chi connectivity index (χ1) is 15.2. The number of rotatable bonds is 6. The van der Waals surface area contributed by atoms with Gasteiger partial charge in [-0.05, 0) is 51.2 Å². The van der Waals surface area contributed by atoms with Crippen LogP contribution in [0.1, 0.15) is 38.7 Å². The molecule has 2 aromatic heterocycles. The first kappa shape index (κ1) is 22.6. The first-order valence-electron chi connectivity index (χ1n) is 10.6. The van der Waals surface area contributed by atoms with Gasteiger partial charge in [-0.2, -0.15) is 5.26 Å². The standard InChI is InChI=1S/C23H27N5O3S/c1-12-14(11-29)9-16(20(12)31-23(3,4)30)26-21-19(13(2)25-18(10-24)28-21)22-27-15-7-5-6-8-17(15)32-22/h5-8,12,14,16,20,29-30H,9,11H2,1-4H3,(H,25,26,28)/t12-,14-,16-,20-/m1/s1. The summed E-state index contributed by atoms with van der Waals surface area (Å²) in [7, 11) is 0. The Labute approximate surface area is 190 Å². The van der Waals surface area contributed by atoms with E-state index in [0.29, 0.717) is 17.9 Å². The lowest BCUT2D eigenvalue weighted by molar-refractivity contribution is -0.214. The number of aliphatic hydroxyl groups excluding tert-OH is 1. The van der Waals surface area contributed by atoms with Crippen LogP contribution in [0.25, 0.3) is 20.8 Å². The van der Waals surface area contributed by atoms with E-state index in [0.717, 1.165) is 20.8 Å². The third-order valence-corrected chi connectivity index (χ3v) is 6.95. The molecule has 3 aromatic rings. The Morgan fingerprint density at radius 1 is 1.28 bits per heavy atom. The Bertz CT molecular complexity index is 1130. The van der Waals surface area contributed by atoms with Crippen LogP contribution in [0.4, 0.5) is 5.82 Å². The van der Waals surface area contributed by atoms with E-state index in [1.807, 2.05) is 44.2 Å². The van der Waals surface area contributed by atoms with Crippen molar-refractivity contribution in [3.63, 3.8) is 0 Å². The molecule has 9 heteroatoms. The lowest BCUT2D eigenvalue weighted by Crippen LogP contribution is -2.41. The van der Waals surface area contributed by atoms with Crippen molar-refractivity contribution < 1.29 is 14.9 Å². The number of benzene rings is 1. The van der Waals surface area contributed by atoms with Crippen LogP contribution in [0, 0.1) is 30.1 Å². The summed E-state index contributed by atoms with van der Waals surface area (Å²) < 4.78 is 7.02. The largest absolute Gasteiger partial charge is 0.396 e. The molecule has 4 atom stereocenters. The summed E-state index contributed by atoms with van der Waals surface area (Å²) >= 11 is 1.54. The van der Waals surface area contributed by atoms with E-state index < -0.39 is 5.79 Å². The molecule has 0 radical (unpaired) electrons. The topological polar surface area (TPSA) is 124 Å². The molecule has 1 aliphatic rings. The van der Waals surface area contributed by atoms with Crippen molar-refractivity contribution >= 4 is 27.4 Å². The monoisotopic (exact) mass is 453 g/mol. The van der Waals surface area contributed by atoms with Crippen LogP contribution < -0.4 is 5.32 Å². The number of aromatic nitrogens is 3. The molecule has 0 amide bonds. The average Bonchev–Trinajstić information content (AvgIpc) is 3.28. The Morgan fingerprint density at radius 3 is 2.69 bits per heavy atom. The van der Waals surface area contributed by atoms with Gasteiger partial charge in [-0.25, -0.2) is 15.0 Å². The first-order valence-corrected chi connectivity index (χ1v) is 11.4. The number of nitrogens with zero attached hydrogens (tertiary/aromatic N) is 4. The van der Waals surface area contributed by atoms with Crippen molar-refractivity contribution in [2.45, 2.75) is 52.0 Å². The summed E-state index contributed by atoms with van der Waals surface area (Å²) in [5, 5.41) is 33.8. The zero-order valence-corrected chi connectivity index (χ0v) is 19.3. The lowest BCUT2D eigenvalue weighted by Gasteiger charge is -2.31. The van der Waals surface area contributed by atoms with E-state index in [1.54, 1.807) is 25.2 Å². The summed E-state index contributed by atoms with van der Waals surface area (Å²) in [6.07, 6.45) is 0.291. The molecule has 0 spiro atoms. The van der Waals surface area contributed by atoms with Gasteiger partial charge in [0.05, 0.1) is 33.6 Å². The fourth-order valence-corrected chi connectivity index (χ4v) is 5.42. The maximum atomic E-state index is 10.3. The minimum absolute atomic E-state index is 0.0177. The molecule has 0 unspecified atom stereocenters. The maximum Gasteiger partial charge on any atom is 0.234 e. The third-order valence-electron chi connectivity index (χ3n) is 5.89. The molecule has 1 aromatic carbocycles. The summed E-state index contributed by atoms with van der Waals surface area (Å²) in [6.45, 7) is 7.07. The molecular formula is C23H27N5O3S. The van der Waals surface area contributed by atoms with Crippen molar-refractivity contribution in [2.24, 2.45) is 11.8 Å². The van der Waals surface area contributed by atoms with Gasteiger partial charge >= 0.3 is 0 Å². The van der Waals surface area contributed by atoms with Crippen molar-refractivity contribution in [3.8, 4) is 16.6 Å². The van der Waals surface area contributed by atoms with E-state index in [1.165, 1.54) is 0 Å². The fourth-order valence-electron chi connectivity index (χ4n) is 4.35. The Balaban J connectivity index is 1.77. The Hall–Kier alpha value is -2.64. The molecule has 3 N–H and O–H groups in total. The molecule has 0 aliphatic heterocycles. The van der Waals surface area contributed by atoms with Crippen LogP contribution in [-0.4, -0.2) is 49.7 Å². The number of anilines is 1. The van der Waals surface area contributed by atoms with Crippen LogP contribution in [0.15, 0.2) is 24.3 Å². The van der Waals surface area contributed by atoms with Gasteiger partial charge in [0.25, 0.3) is 0 Å². The number of thiazole rings is 1. The SMILES string of the molecule is Cc1nc(C#N)nc(N[C@@H]2C[C@H](CO)[C@@H](C)[C@H]2OC(C)(C)O)c1-c1nc2ccccc2s1. The predicted molar refractivity (Wildman–Crippen MR) is 123 cm³/mol. The summed E-state index contributed by atoms with van der Waals surface area (Å²) in [6, 6.07) is 9.70. The molecule has 1 saturated carbocycles. The normalized spacial score (nSPS) is 23.4. The quantitative estimate of drug-likeness (QED) is 0.485. The highest BCUT2D eigenvalue weighted by Gasteiger charge is 2.44. The van der Waals surface area contributed by atoms with Gasteiger partial charge < -0.3 is 20.3 Å². The van der Waals surface area contributed by atoms with Crippen LogP contribution >= 0.6 is 11.3 Å². The van der Waals surface area contributed by atoms with Crippen LogP contribution in [0.2, 0.25) is 0 Å². The smallest absolute Gasteiger partial charge is 0.234 e. The van der Waals surface area contributed by atoms with Gasteiger partial charge in [0.15, 0.2) is 5.79 Å². The highest BCUT2D eigenvalue weighted by atomic mass is 32.1. The molecular weight excluding hydrogens is 426 g/mol. The second-order valence-electron chi connectivity index (χ2n) is 8.77. The van der Waals surface area contributed by atoms with Gasteiger partial charge in [0.1, 0.15) is 16.9 Å². The molecule has 0 saturated heterocycles. The van der Waals surface area contributed by atoms with Gasteiger partial charge in [-0.15, -0.1) is 11.3 Å². The van der Waals surface area contributed by atoms with Crippen molar-refractivity contribution in [1.82, 2.24) is 15.0 Å². The molecule has 1 aliphatic carbocycles. The fraction of sp³-hybridized carbons (Fsp3) is 0.478. The number of aryl methyl sites for hydroxylation is 1. The maximum absolute atomic E-state index is 10.3. The zero-order chi connectivity index (χ0) is 23.0. The molecule has 168 valence electrons. The van der Waals surface area contributed by atoms with Gasteiger partial charge in [-0.1, -0.05) is 19.1 Å². The van der Waals surface area contributed by atoms with Gasteiger partial charge in [0.2, 0.25) is 5.82 Å². The molecule has 8 nitrogen and oxygen atoms in total. The molecule has 2 heterocycles. The van der Waals surface area contributed by atoms with Gasteiger partial charge in [-0.3, -0.25) is 0 Å². The minimum atomic E-state index is -1.32. The van der Waals surface area contributed by atoms with Gasteiger partial charge in [0, 0.05) is 6.61 Å². The highest BCUT2D eigenvalue weighted by Crippen LogP contribution is 2.40. The lowest BCUT2D eigenvalue weighted by atomic mass is 9.98. The van der Waals surface area contributed by atoms with Crippen molar-refractivity contribution in [1.29, 1.82) is 5.26 Å². The molecule has 0 bridgehead atoms. The second-order valence-corrected chi connectivity index (χ2v) is 9.80. The van der Waals surface area contributed by atoms with Crippen LogP contribution in [0.5, 0.6) is 0 Å². The predicted octanol–water partition coefficient (Wildman–Crippen LogP) is 3.48. The molecule has 32 heavy (non-hydrogen) atoms. The number of hydrogen-bond acceptors (Lipinski definition) is 9. The van der Waals surface area contributed by atoms with E-state index >= 15 is 0 Å². The Kier molecular flexibility index (Phi) is 6.14. The highest BCUT2D eigenvalue weighted by molar-refractivity contribution is 7.21.